The van der Waals surface area contributed by atoms with Gasteiger partial charge in [0.15, 0.2) is 23.0 Å². The first-order chi connectivity index (χ1) is 25.9. The van der Waals surface area contributed by atoms with Gasteiger partial charge in [-0.15, -0.1) is 0 Å². The molecule has 0 fully saturated rings. The van der Waals surface area contributed by atoms with Crippen molar-refractivity contribution in [3.8, 4) is 46.3 Å². The summed E-state index contributed by atoms with van der Waals surface area (Å²) in [5.74, 6) is -9.58. The van der Waals surface area contributed by atoms with Gasteiger partial charge in [0.25, 0.3) is 11.8 Å². The summed E-state index contributed by atoms with van der Waals surface area (Å²) in [7, 11) is 3.13. The third kappa shape index (κ3) is 10.3. The maximum Gasteiger partial charge on any atom is 0.490 e. The molecular formula is C35H32F5N5O10. The molecule has 55 heavy (non-hydrogen) atoms. The molecular weight excluding hydrogens is 745 g/mol. The molecule has 0 bridgehead atoms. The average Bonchev–Trinajstić information content (AvgIpc) is 3.58. The molecule has 1 atom stereocenters. The van der Waals surface area contributed by atoms with E-state index < -0.39 is 65.7 Å². The van der Waals surface area contributed by atoms with Crippen LogP contribution in [0.4, 0.5) is 22.0 Å². The second-order valence-electron chi connectivity index (χ2n) is 11.3. The van der Waals surface area contributed by atoms with Gasteiger partial charge in [-0.2, -0.15) is 26.9 Å². The molecule has 1 aromatic heterocycles. The van der Waals surface area contributed by atoms with Crippen LogP contribution in [0.1, 0.15) is 28.4 Å². The molecule has 20 heteroatoms. The molecule has 4 aromatic rings. The second kappa shape index (κ2) is 17.4. The van der Waals surface area contributed by atoms with Crippen LogP contribution in [0.5, 0.6) is 46.3 Å². The molecule has 5 rings (SSSR count). The number of methoxy groups -OCH3 is 1. The Morgan fingerprint density at radius 3 is 2.18 bits per heavy atom. The first kappa shape index (κ1) is 41.1. The standard InChI is InChI=1S/C33H31F2N5O8.C2HF3O2/c1-17(16-41)45-33(43)20-8-10-23(25(15-20)44-3)47-28-26(34)31(46-21-6-4-5-19(13-21)30-38-11-12-40(30)2)39-32(27(28)35)48-24-14-18(29(36)37)7-9-22(24)42;3-2(4,5)1(6)7/h4-10,13-15,17,41-42H,11-12,16H2,1-3H3,(H3,36,37);(H,6,7). The first-order valence-corrected chi connectivity index (χ1v) is 15.7. The molecule has 0 radical (unpaired) electrons. The number of aromatic hydroxyl groups is 1. The summed E-state index contributed by atoms with van der Waals surface area (Å²) in [5.41, 5.74) is 6.40. The highest BCUT2D eigenvalue weighted by molar-refractivity contribution is 6.00. The van der Waals surface area contributed by atoms with Crippen molar-refractivity contribution < 1.29 is 70.5 Å². The van der Waals surface area contributed by atoms with Crippen LogP contribution in [0.2, 0.25) is 0 Å². The number of nitrogens with zero attached hydrogens (tertiary/aromatic N) is 3. The molecule has 1 aliphatic heterocycles. The van der Waals surface area contributed by atoms with Crippen LogP contribution in [0.15, 0.2) is 65.7 Å². The van der Waals surface area contributed by atoms with E-state index in [1.807, 2.05) is 11.9 Å². The molecule has 0 amide bonds. The quantitative estimate of drug-likeness (QED) is 0.0513. The number of carboxylic acid groups (broad SMARTS) is 1. The Morgan fingerprint density at radius 1 is 0.964 bits per heavy atom. The number of nitrogen functional groups attached to an aromatic ring is 1. The van der Waals surface area contributed by atoms with Crippen LogP contribution in [0.25, 0.3) is 0 Å². The van der Waals surface area contributed by atoms with E-state index in [-0.39, 0.29) is 40.0 Å². The molecule has 1 unspecified atom stereocenters. The minimum Gasteiger partial charge on any atom is -0.504 e. The Hall–Kier alpha value is -6.70. The highest BCUT2D eigenvalue weighted by atomic mass is 19.4. The van der Waals surface area contributed by atoms with E-state index in [1.165, 1.54) is 56.5 Å². The zero-order chi connectivity index (χ0) is 40.6. The average molecular weight is 778 g/mol. The van der Waals surface area contributed by atoms with Gasteiger partial charge in [0.2, 0.25) is 17.4 Å². The van der Waals surface area contributed by atoms with Crippen LogP contribution >= 0.6 is 0 Å². The topological polar surface area (TPSA) is 219 Å². The number of alkyl halides is 3. The number of likely N-dealkylation sites (N-methyl/N-ethyl adjacent to an activating group) is 1. The Bertz CT molecular complexity index is 2120. The van der Waals surface area contributed by atoms with Crippen LogP contribution in [-0.2, 0) is 9.53 Å². The number of pyridine rings is 1. The van der Waals surface area contributed by atoms with Crippen molar-refractivity contribution in [3.63, 3.8) is 0 Å². The number of phenolic OH excluding ortho intramolecular Hbond substituents is 1. The summed E-state index contributed by atoms with van der Waals surface area (Å²) in [6.45, 7) is 2.43. The number of rotatable bonds is 12. The SMILES string of the molecule is COc1cc(C(=O)OC(C)CO)ccc1Oc1c(F)c(Oc2cccc(C3=NCCN3C)c2)nc(Oc2cc(C(=N)N)ccc2O)c1F.O=C(O)C(F)(F)F. The summed E-state index contributed by atoms with van der Waals surface area (Å²) < 4.78 is 91.3. The number of nitrogens with two attached hydrogens (primary N) is 1. The van der Waals surface area contributed by atoms with E-state index >= 15 is 8.78 Å². The van der Waals surface area contributed by atoms with Crippen LogP contribution < -0.4 is 24.7 Å². The number of aliphatic carboxylic acids is 1. The number of aliphatic hydroxyl groups is 1. The summed E-state index contributed by atoms with van der Waals surface area (Å²) in [6, 6.07) is 14.0. The second-order valence-corrected chi connectivity index (χ2v) is 11.3. The third-order valence-corrected chi connectivity index (χ3v) is 7.24. The number of esters is 1. The number of nitrogens with one attached hydrogen (secondary N) is 1. The fourth-order valence-corrected chi connectivity index (χ4v) is 4.50. The summed E-state index contributed by atoms with van der Waals surface area (Å²) >= 11 is 0. The molecule has 0 saturated heterocycles. The predicted molar refractivity (Wildman–Crippen MR) is 183 cm³/mol. The van der Waals surface area contributed by atoms with Crippen LogP contribution in [-0.4, -0.2) is 94.9 Å². The van der Waals surface area contributed by atoms with Crippen molar-refractivity contribution in [2.75, 3.05) is 33.9 Å². The number of amidine groups is 2. The van der Waals surface area contributed by atoms with Crippen molar-refractivity contribution in [2.24, 2.45) is 10.7 Å². The lowest BCUT2D eigenvalue weighted by Gasteiger charge is -2.17. The van der Waals surface area contributed by atoms with Gasteiger partial charge in [0.05, 0.1) is 25.8 Å². The highest BCUT2D eigenvalue weighted by Crippen LogP contribution is 2.43. The fourth-order valence-electron chi connectivity index (χ4n) is 4.50. The maximum atomic E-state index is 16.1. The van der Waals surface area contributed by atoms with Gasteiger partial charge in [0, 0.05) is 24.7 Å². The molecule has 0 spiro atoms. The lowest BCUT2D eigenvalue weighted by Crippen LogP contribution is -2.23. The summed E-state index contributed by atoms with van der Waals surface area (Å²) in [5, 5.41) is 34.4. The van der Waals surface area contributed by atoms with E-state index in [1.54, 1.807) is 18.2 Å². The van der Waals surface area contributed by atoms with E-state index in [0.717, 1.165) is 6.54 Å². The number of hydrogen-bond donors (Lipinski definition) is 5. The largest absolute Gasteiger partial charge is 0.504 e. The van der Waals surface area contributed by atoms with Crippen molar-refractivity contribution in [1.82, 2.24) is 9.88 Å². The molecule has 6 N–H and O–H groups in total. The zero-order valence-electron chi connectivity index (χ0n) is 29.0. The molecule has 0 aliphatic carbocycles. The Balaban J connectivity index is 0.000000876. The van der Waals surface area contributed by atoms with Gasteiger partial charge in [-0.05, 0) is 55.5 Å². The summed E-state index contributed by atoms with van der Waals surface area (Å²) in [6.07, 6.45) is -5.86. The minimum absolute atomic E-state index is 0.0152. The van der Waals surface area contributed by atoms with Gasteiger partial charge >= 0.3 is 18.1 Å². The summed E-state index contributed by atoms with van der Waals surface area (Å²) in [4.78, 5) is 31.7. The van der Waals surface area contributed by atoms with E-state index in [4.69, 9.17) is 44.7 Å². The van der Waals surface area contributed by atoms with Gasteiger partial charge in [-0.25, -0.2) is 9.59 Å². The van der Waals surface area contributed by atoms with Crippen molar-refractivity contribution in [3.05, 3.63) is 89.0 Å². The third-order valence-electron chi connectivity index (χ3n) is 7.24. The van der Waals surface area contributed by atoms with E-state index in [2.05, 4.69) is 9.98 Å². The lowest BCUT2D eigenvalue weighted by molar-refractivity contribution is -0.192. The number of halogens is 5. The molecule has 2 heterocycles. The number of carbonyl (C=O) groups excluding carboxylic acids is 1. The number of aliphatic imine (C=N–C) groups is 1. The highest BCUT2D eigenvalue weighted by Gasteiger charge is 2.38. The number of benzene rings is 3. The predicted octanol–water partition coefficient (Wildman–Crippen LogP) is 5.60. The number of hydrogen-bond acceptors (Lipinski definition) is 13. The Kier molecular flexibility index (Phi) is 13.0. The number of carboxylic acids is 1. The number of ether oxygens (including phenoxy) is 5. The van der Waals surface area contributed by atoms with Gasteiger partial charge < -0.3 is 49.6 Å². The van der Waals surface area contributed by atoms with E-state index in [9.17, 15) is 28.2 Å². The number of carbonyl (C=O) groups is 2. The monoisotopic (exact) mass is 777 g/mol. The molecule has 15 nitrogen and oxygen atoms in total. The minimum atomic E-state index is -5.08. The molecule has 0 saturated carbocycles. The molecule has 292 valence electrons. The normalized spacial score (nSPS) is 12.8. The van der Waals surface area contributed by atoms with Gasteiger partial charge in [-0.3, -0.25) is 10.4 Å². The zero-order valence-corrected chi connectivity index (χ0v) is 29.0. The fraction of sp³-hybridized carbons (Fsp3) is 0.229. The first-order valence-electron chi connectivity index (χ1n) is 15.7. The van der Waals surface area contributed by atoms with Crippen molar-refractivity contribution in [1.29, 1.82) is 5.41 Å². The maximum absolute atomic E-state index is 16.1. The molecule has 3 aromatic carbocycles. The van der Waals surface area contributed by atoms with Gasteiger partial charge in [-0.1, -0.05) is 12.1 Å². The molecule has 1 aliphatic rings. The number of aliphatic hydroxyl groups excluding tert-OH is 1. The van der Waals surface area contributed by atoms with Crippen LogP contribution in [0.3, 0.4) is 0 Å². The Morgan fingerprint density at radius 2 is 1.60 bits per heavy atom. The number of aromatic nitrogens is 1. The van der Waals surface area contributed by atoms with Crippen molar-refractivity contribution in [2.45, 2.75) is 19.2 Å². The van der Waals surface area contributed by atoms with Crippen LogP contribution in [0, 0.1) is 17.0 Å². The lowest BCUT2D eigenvalue weighted by atomic mass is 10.2. The van der Waals surface area contributed by atoms with Crippen molar-refractivity contribution >= 4 is 23.6 Å². The number of phenols is 1. The smallest absolute Gasteiger partial charge is 0.490 e. The Labute approximate surface area is 308 Å². The van der Waals surface area contributed by atoms with Gasteiger partial charge in [0.1, 0.15) is 23.5 Å². The van der Waals surface area contributed by atoms with E-state index in [0.29, 0.717) is 17.9 Å².